The van der Waals surface area contributed by atoms with Crippen LogP contribution in [0.1, 0.15) is 18.5 Å². The van der Waals surface area contributed by atoms with E-state index in [9.17, 15) is 4.79 Å². The molecule has 0 aliphatic rings. The highest BCUT2D eigenvalue weighted by atomic mass is 16.5. The SMILES string of the molecule is CCOC(=O)[C@H](N)[C@@H](N)c1ccccc1. The zero-order valence-electron chi connectivity index (χ0n) is 8.72. The average molecular weight is 208 g/mol. The van der Waals surface area contributed by atoms with Crippen molar-refractivity contribution in [2.45, 2.75) is 19.0 Å². The van der Waals surface area contributed by atoms with E-state index < -0.39 is 18.1 Å². The van der Waals surface area contributed by atoms with Gasteiger partial charge in [0.15, 0.2) is 0 Å². The molecule has 4 N–H and O–H groups in total. The van der Waals surface area contributed by atoms with Crippen molar-refractivity contribution in [2.24, 2.45) is 11.5 Å². The molecule has 15 heavy (non-hydrogen) atoms. The third kappa shape index (κ3) is 3.04. The Bertz CT molecular complexity index is 314. The topological polar surface area (TPSA) is 78.3 Å². The standard InChI is InChI=1S/C11H16N2O2/c1-2-15-11(14)10(13)9(12)8-6-4-3-5-7-8/h3-7,9-10H,2,12-13H2,1H3/t9-,10+/m0/s1. The number of hydrogen-bond acceptors (Lipinski definition) is 4. The van der Waals surface area contributed by atoms with Gasteiger partial charge in [0.05, 0.1) is 12.6 Å². The Morgan fingerprint density at radius 2 is 1.93 bits per heavy atom. The Labute approximate surface area is 89.2 Å². The van der Waals surface area contributed by atoms with Crippen LogP contribution in [0.4, 0.5) is 0 Å². The monoisotopic (exact) mass is 208 g/mol. The van der Waals surface area contributed by atoms with Crippen LogP contribution in [0.2, 0.25) is 0 Å². The number of hydrogen-bond donors (Lipinski definition) is 2. The first-order valence-electron chi connectivity index (χ1n) is 4.89. The number of ether oxygens (including phenoxy) is 1. The highest BCUT2D eigenvalue weighted by Crippen LogP contribution is 2.13. The maximum absolute atomic E-state index is 11.3. The first kappa shape index (κ1) is 11.7. The molecule has 0 aromatic heterocycles. The molecular weight excluding hydrogens is 192 g/mol. The Kier molecular flexibility index (Phi) is 4.27. The van der Waals surface area contributed by atoms with Crippen molar-refractivity contribution >= 4 is 5.97 Å². The fourth-order valence-electron chi connectivity index (χ4n) is 1.27. The number of rotatable bonds is 4. The summed E-state index contributed by atoms with van der Waals surface area (Å²) in [6.07, 6.45) is 0. The molecule has 1 aromatic rings. The molecule has 0 aliphatic carbocycles. The van der Waals surface area contributed by atoms with E-state index in [1.54, 1.807) is 6.92 Å². The van der Waals surface area contributed by atoms with Gasteiger partial charge in [0, 0.05) is 0 Å². The number of benzene rings is 1. The summed E-state index contributed by atoms with van der Waals surface area (Å²) in [7, 11) is 0. The number of esters is 1. The van der Waals surface area contributed by atoms with E-state index in [4.69, 9.17) is 16.2 Å². The molecule has 4 nitrogen and oxygen atoms in total. The van der Waals surface area contributed by atoms with Gasteiger partial charge < -0.3 is 16.2 Å². The van der Waals surface area contributed by atoms with E-state index >= 15 is 0 Å². The maximum Gasteiger partial charge on any atom is 0.324 e. The second-order valence-electron chi connectivity index (χ2n) is 3.21. The van der Waals surface area contributed by atoms with Gasteiger partial charge in [0.1, 0.15) is 6.04 Å². The molecule has 0 heterocycles. The lowest BCUT2D eigenvalue weighted by Crippen LogP contribution is -2.42. The van der Waals surface area contributed by atoms with E-state index in [1.165, 1.54) is 0 Å². The summed E-state index contributed by atoms with van der Waals surface area (Å²) in [5.41, 5.74) is 12.4. The lowest BCUT2D eigenvalue weighted by atomic mass is 10.0. The largest absolute Gasteiger partial charge is 0.465 e. The van der Waals surface area contributed by atoms with Crippen LogP contribution in [-0.4, -0.2) is 18.6 Å². The van der Waals surface area contributed by atoms with Crippen molar-refractivity contribution in [3.63, 3.8) is 0 Å². The third-order valence-electron chi connectivity index (χ3n) is 2.13. The van der Waals surface area contributed by atoms with Crippen molar-refractivity contribution in [3.05, 3.63) is 35.9 Å². The summed E-state index contributed by atoms with van der Waals surface area (Å²) in [5.74, 6) is -0.464. The van der Waals surface area contributed by atoms with Gasteiger partial charge in [0.2, 0.25) is 0 Å². The molecule has 82 valence electrons. The number of carbonyl (C=O) groups is 1. The highest BCUT2D eigenvalue weighted by Gasteiger charge is 2.23. The molecule has 0 radical (unpaired) electrons. The van der Waals surface area contributed by atoms with Gasteiger partial charge in [-0.2, -0.15) is 0 Å². The first-order chi connectivity index (χ1) is 7.16. The summed E-state index contributed by atoms with van der Waals surface area (Å²) in [4.78, 5) is 11.3. The fourth-order valence-corrected chi connectivity index (χ4v) is 1.27. The van der Waals surface area contributed by atoms with E-state index in [1.807, 2.05) is 30.3 Å². The Balaban J connectivity index is 2.68. The predicted molar refractivity (Wildman–Crippen MR) is 58.0 cm³/mol. The Morgan fingerprint density at radius 1 is 1.33 bits per heavy atom. The van der Waals surface area contributed by atoms with Crippen LogP contribution in [0.3, 0.4) is 0 Å². The molecule has 0 aliphatic heterocycles. The number of nitrogens with two attached hydrogens (primary N) is 2. The van der Waals surface area contributed by atoms with Crippen LogP contribution in [0.15, 0.2) is 30.3 Å². The quantitative estimate of drug-likeness (QED) is 0.709. The molecule has 1 rings (SSSR count). The molecule has 4 heteroatoms. The van der Waals surface area contributed by atoms with Crippen LogP contribution in [0.5, 0.6) is 0 Å². The molecule has 0 saturated carbocycles. The van der Waals surface area contributed by atoms with Crippen LogP contribution < -0.4 is 11.5 Å². The minimum absolute atomic E-state index is 0.314. The molecule has 0 amide bonds. The normalized spacial score (nSPS) is 14.3. The fraction of sp³-hybridized carbons (Fsp3) is 0.364. The predicted octanol–water partition coefficient (Wildman–Crippen LogP) is 0.577. The van der Waals surface area contributed by atoms with Gasteiger partial charge in [-0.3, -0.25) is 4.79 Å². The molecule has 0 saturated heterocycles. The van der Waals surface area contributed by atoms with Crippen LogP contribution in [-0.2, 0) is 9.53 Å². The minimum Gasteiger partial charge on any atom is -0.465 e. The first-order valence-corrected chi connectivity index (χ1v) is 4.89. The summed E-state index contributed by atoms with van der Waals surface area (Å²) in [6, 6.07) is 7.93. The molecule has 0 unspecified atom stereocenters. The second-order valence-corrected chi connectivity index (χ2v) is 3.21. The van der Waals surface area contributed by atoms with Crippen molar-refractivity contribution in [1.29, 1.82) is 0 Å². The van der Waals surface area contributed by atoms with Gasteiger partial charge in [-0.1, -0.05) is 30.3 Å². The molecule has 0 fully saturated rings. The van der Waals surface area contributed by atoms with Gasteiger partial charge in [-0.05, 0) is 12.5 Å². The smallest absolute Gasteiger partial charge is 0.324 e. The average Bonchev–Trinajstić information content (AvgIpc) is 2.28. The van der Waals surface area contributed by atoms with E-state index in [-0.39, 0.29) is 0 Å². The zero-order chi connectivity index (χ0) is 11.3. The van der Waals surface area contributed by atoms with Crippen molar-refractivity contribution in [3.8, 4) is 0 Å². The van der Waals surface area contributed by atoms with E-state index in [0.29, 0.717) is 6.61 Å². The highest BCUT2D eigenvalue weighted by molar-refractivity contribution is 5.76. The van der Waals surface area contributed by atoms with Crippen molar-refractivity contribution in [2.75, 3.05) is 6.61 Å². The second kappa shape index (κ2) is 5.48. The van der Waals surface area contributed by atoms with E-state index in [2.05, 4.69) is 0 Å². The van der Waals surface area contributed by atoms with Gasteiger partial charge in [-0.25, -0.2) is 0 Å². The molecule has 0 spiro atoms. The minimum atomic E-state index is -0.813. The number of carbonyl (C=O) groups excluding carboxylic acids is 1. The van der Waals surface area contributed by atoms with Gasteiger partial charge in [0.25, 0.3) is 0 Å². The maximum atomic E-state index is 11.3. The lowest BCUT2D eigenvalue weighted by Gasteiger charge is -2.18. The van der Waals surface area contributed by atoms with E-state index in [0.717, 1.165) is 5.56 Å². The molecule has 2 atom stereocenters. The molecule has 0 bridgehead atoms. The van der Waals surface area contributed by atoms with Crippen LogP contribution >= 0.6 is 0 Å². The van der Waals surface area contributed by atoms with Crippen LogP contribution in [0, 0.1) is 0 Å². The Morgan fingerprint density at radius 3 is 2.47 bits per heavy atom. The van der Waals surface area contributed by atoms with Gasteiger partial charge >= 0.3 is 5.97 Å². The Hall–Kier alpha value is -1.39. The molecule has 1 aromatic carbocycles. The third-order valence-corrected chi connectivity index (χ3v) is 2.13. The summed E-state index contributed by atoms with van der Waals surface area (Å²) in [6.45, 7) is 2.05. The summed E-state index contributed by atoms with van der Waals surface area (Å²) < 4.78 is 4.80. The van der Waals surface area contributed by atoms with Crippen LogP contribution in [0.25, 0.3) is 0 Å². The molecular formula is C11H16N2O2. The lowest BCUT2D eigenvalue weighted by molar-refractivity contribution is -0.145. The summed E-state index contributed by atoms with van der Waals surface area (Å²) >= 11 is 0. The zero-order valence-corrected chi connectivity index (χ0v) is 8.72. The van der Waals surface area contributed by atoms with Crippen molar-refractivity contribution < 1.29 is 9.53 Å². The van der Waals surface area contributed by atoms with Crippen molar-refractivity contribution in [1.82, 2.24) is 0 Å². The summed E-state index contributed by atoms with van der Waals surface area (Å²) in [5, 5.41) is 0. The van der Waals surface area contributed by atoms with Gasteiger partial charge in [-0.15, -0.1) is 0 Å².